The molecule has 112 valence electrons. The molecule has 0 spiro atoms. The second kappa shape index (κ2) is 6.51. The van der Waals surface area contributed by atoms with Crippen LogP contribution < -0.4 is 4.74 Å². The molecule has 0 bridgehead atoms. The van der Waals surface area contributed by atoms with E-state index in [1.54, 1.807) is 26.3 Å². The average molecular weight is 323 g/mol. The molecule has 0 amide bonds. The third-order valence-electron chi connectivity index (χ3n) is 3.15. The number of thiol groups is 1. The monoisotopic (exact) mass is 323 g/mol. The highest BCUT2D eigenvalue weighted by molar-refractivity contribution is 7.89. The van der Waals surface area contributed by atoms with Crippen LogP contribution >= 0.6 is 12.6 Å². The van der Waals surface area contributed by atoms with Gasteiger partial charge in [0, 0.05) is 18.5 Å². The van der Waals surface area contributed by atoms with Crippen LogP contribution in [0.1, 0.15) is 5.56 Å². The van der Waals surface area contributed by atoms with Gasteiger partial charge in [0.25, 0.3) is 0 Å². The van der Waals surface area contributed by atoms with Gasteiger partial charge in [0.15, 0.2) is 0 Å². The van der Waals surface area contributed by atoms with E-state index in [1.165, 1.54) is 16.4 Å². The van der Waals surface area contributed by atoms with Crippen LogP contribution in [-0.2, 0) is 16.6 Å². The maximum Gasteiger partial charge on any atom is 0.243 e. The number of nitrogens with zero attached hydrogens (tertiary/aromatic N) is 1. The van der Waals surface area contributed by atoms with Crippen molar-refractivity contribution < 1.29 is 13.2 Å². The maximum absolute atomic E-state index is 12.5. The summed E-state index contributed by atoms with van der Waals surface area (Å²) in [5, 5.41) is 0. The van der Waals surface area contributed by atoms with Crippen LogP contribution in [0.15, 0.2) is 58.3 Å². The fourth-order valence-electron chi connectivity index (χ4n) is 1.90. The lowest BCUT2D eigenvalue weighted by molar-refractivity contribution is 0.414. The molecule has 0 radical (unpaired) electrons. The van der Waals surface area contributed by atoms with Crippen LogP contribution in [0.3, 0.4) is 0 Å². The minimum Gasteiger partial charge on any atom is -0.497 e. The van der Waals surface area contributed by atoms with E-state index in [0.717, 1.165) is 10.5 Å². The number of benzene rings is 2. The predicted molar refractivity (Wildman–Crippen MR) is 85.3 cm³/mol. The number of rotatable bonds is 5. The van der Waals surface area contributed by atoms with Crippen molar-refractivity contribution in [1.29, 1.82) is 0 Å². The summed E-state index contributed by atoms with van der Waals surface area (Å²) < 4.78 is 31.4. The summed E-state index contributed by atoms with van der Waals surface area (Å²) in [6.07, 6.45) is 0. The molecular weight excluding hydrogens is 306 g/mol. The Morgan fingerprint density at radius 1 is 1.10 bits per heavy atom. The van der Waals surface area contributed by atoms with E-state index in [1.807, 2.05) is 24.3 Å². The van der Waals surface area contributed by atoms with Gasteiger partial charge in [0.1, 0.15) is 5.75 Å². The Morgan fingerprint density at radius 3 is 2.29 bits per heavy atom. The standard InChI is InChI=1S/C15H17NO3S2/c1-16(11-12-5-3-4-6-15(12)20)21(17,18)14-9-7-13(19-2)8-10-14/h3-10,20H,11H2,1-2H3. The van der Waals surface area contributed by atoms with Gasteiger partial charge in [0.2, 0.25) is 10.0 Å². The van der Waals surface area contributed by atoms with E-state index in [0.29, 0.717) is 5.75 Å². The molecule has 0 aliphatic carbocycles. The minimum absolute atomic E-state index is 0.238. The van der Waals surface area contributed by atoms with Crippen molar-refractivity contribution in [3.63, 3.8) is 0 Å². The summed E-state index contributed by atoms with van der Waals surface area (Å²) in [6.45, 7) is 0.272. The van der Waals surface area contributed by atoms with Crippen molar-refractivity contribution in [1.82, 2.24) is 4.31 Å². The second-order valence-corrected chi connectivity index (χ2v) is 7.09. The molecular formula is C15H17NO3S2. The van der Waals surface area contributed by atoms with Gasteiger partial charge in [-0.25, -0.2) is 8.42 Å². The van der Waals surface area contributed by atoms with Crippen molar-refractivity contribution in [3.8, 4) is 5.75 Å². The van der Waals surface area contributed by atoms with Crippen molar-refractivity contribution >= 4 is 22.7 Å². The Labute approximate surface area is 130 Å². The summed E-state index contributed by atoms with van der Waals surface area (Å²) in [7, 11) is -0.439. The van der Waals surface area contributed by atoms with Crippen molar-refractivity contribution in [2.45, 2.75) is 16.3 Å². The van der Waals surface area contributed by atoms with Gasteiger partial charge >= 0.3 is 0 Å². The fraction of sp³-hybridized carbons (Fsp3) is 0.200. The molecule has 0 fully saturated rings. The van der Waals surface area contributed by atoms with E-state index < -0.39 is 10.0 Å². The van der Waals surface area contributed by atoms with Gasteiger partial charge in [-0.05, 0) is 35.9 Å². The summed E-state index contributed by atoms with van der Waals surface area (Å²) in [5.74, 6) is 0.623. The van der Waals surface area contributed by atoms with Crippen LogP contribution in [0, 0.1) is 0 Å². The molecule has 6 heteroatoms. The lowest BCUT2D eigenvalue weighted by Crippen LogP contribution is -2.26. The summed E-state index contributed by atoms with van der Waals surface area (Å²) in [5.41, 5.74) is 0.862. The Bertz CT molecular complexity index is 712. The van der Waals surface area contributed by atoms with Crippen molar-refractivity contribution in [3.05, 3.63) is 54.1 Å². The zero-order valence-electron chi connectivity index (χ0n) is 11.9. The molecule has 0 aliphatic heterocycles. The van der Waals surface area contributed by atoms with Gasteiger partial charge in [-0.2, -0.15) is 4.31 Å². The molecule has 0 atom stereocenters. The SMILES string of the molecule is COc1ccc(S(=O)(=O)N(C)Cc2ccccc2S)cc1. The second-order valence-electron chi connectivity index (χ2n) is 4.57. The van der Waals surface area contributed by atoms with Gasteiger partial charge in [-0.15, -0.1) is 12.6 Å². The van der Waals surface area contributed by atoms with Crippen LogP contribution in [-0.4, -0.2) is 26.9 Å². The van der Waals surface area contributed by atoms with Crippen LogP contribution in [0.5, 0.6) is 5.75 Å². The number of ether oxygens (including phenoxy) is 1. The van der Waals surface area contributed by atoms with Crippen molar-refractivity contribution in [2.24, 2.45) is 0 Å². The average Bonchev–Trinajstić information content (AvgIpc) is 2.49. The maximum atomic E-state index is 12.5. The lowest BCUT2D eigenvalue weighted by Gasteiger charge is -2.18. The summed E-state index contributed by atoms with van der Waals surface area (Å²) >= 11 is 4.34. The summed E-state index contributed by atoms with van der Waals surface area (Å²) in [4.78, 5) is 1.01. The molecule has 4 nitrogen and oxygen atoms in total. The normalized spacial score (nSPS) is 11.6. The molecule has 0 saturated carbocycles. The third-order valence-corrected chi connectivity index (χ3v) is 5.41. The molecule has 0 N–H and O–H groups in total. The Kier molecular flexibility index (Phi) is 4.92. The zero-order chi connectivity index (χ0) is 15.5. The Morgan fingerprint density at radius 2 is 1.71 bits per heavy atom. The first-order valence-corrected chi connectivity index (χ1v) is 8.21. The molecule has 0 aromatic heterocycles. The van der Waals surface area contributed by atoms with E-state index in [9.17, 15) is 8.42 Å². The molecule has 0 heterocycles. The fourth-order valence-corrected chi connectivity index (χ4v) is 3.28. The van der Waals surface area contributed by atoms with E-state index in [2.05, 4.69) is 12.6 Å². The molecule has 21 heavy (non-hydrogen) atoms. The predicted octanol–water partition coefficient (Wildman–Crippen LogP) is 2.80. The minimum atomic E-state index is -3.54. The smallest absolute Gasteiger partial charge is 0.243 e. The van der Waals surface area contributed by atoms with Gasteiger partial charge in [-0.1, -0.05) is 18.2 Å². The Hall–Kier alpha value is -1.50. The highest BCUT2D eigenvalue weighted by Crippen LogP contribution is 2.21. The first-order chi connectivity index (χ1) is 9.95. The lowest BCUT2D eigenvalue weighted by atomic mass is 10.2. The third kappa shape index (κ3) is 3.58. The van der Waals surface area contributed by atoms with Gasteiger partial charge < -0.3 is 4.74 Å². The molecule has 2 rings (SSSR count). The van der Waals surface area contributed by atoms with Crippen LogP contribution in [0.25, 0.3) is 0 Å². The summed E-state index contributed by atoms with van der Waals surface area (Å²) in [6, 6.07) is 13.8. The van der Waals surface area contributed by atoms with E-state index in [4.69, 9.17) is 4.74 Å². The highest BCUT2D eigenvalue weighted by Gasteiger charge is 2.21. The molecule has 2 aromatic carbocycles. The van der Waals surface area contributed by atoms with Crippen molar-refractivity contribution in [2.75, 3.05) is 14.2 Å². The number of methoxy groups -OCH3 is 1. The quantitative estimate of drug-likeness (QED) is 0.861. The molecule has 0 unspecified atom stereocenters. The number of hydrogen-bond acceptors (Lipinski definition) is 4. The Balaban J connectivity index is 2.24. The van der Waals surface area contributed by atoms with E-state index >= 15 is 0 Å². The first-order valence-electron chi connectivity index (χ1n) is 6.32. The van der Waals surface area contributed by atoms with Gasteiger partial charge in [-0.3, -0.25) is 0 Å². The van der Waals surface area contributed by atoms with Crippen LogP contribution in [0.4, 0.5) is 0 Å². The number of sulfonamides is 1. The number of hydrogen-bond donors (Lipinski definition) is 1. The molecule has 2 aromatic rings. The molecule has 0 saturated heterocycles. The zero-order valence-corrected chi connectivity index (χ0v) is 13.6. The first kappa shape index (κ1) is 15.9. The molecule has 0 aliphatic rings. The van der Waals surface area contributed by atoms with E-state index in [-0.39, 0.29) is 11.4 Å². The van der Waals surface area contributed by atoms with Gasteiger partial charge in [0.05, 0.1) is 12.0 Å². The topological polar surface area (TPSA) is 46.6 Å². The largest absolute Gasteiger partial charge is 0.497 e. The highest BCUT2D eigenvalue weighted by atomic mass is 32.2. The van der Waals surface area contributed by atoms with Crippen LogP contribution in [0.2, 0.25) is 0 Å².